The van der Waals surface area contributed by atoms with E-state index in [0.29, 0.717) is 24.3 Å². The molecule has 0 unspecified atom stereocenters. The van der Waals surface area contributed by atoms with Gasteiger partial charge in [-0.15, -0.1) is 0 Å². The van der Waals surface area contributed by atoms with Crippen LogP contribution in [-0.4, -0.2) is 22.5 Å². The molecule has 114 valence electrons. The Morgan fingerprint density at radius 3 is 2.14 bits per heavy atom. The quantitative estimate of drug-likeness (QED) is 0.893. The lowest BCUT2D eigenvalue weighted by Gasteiger charge is -2.34. The smallest absolute Gasteiger partial charge is 0.329 e. The van der Waals surface area contributed by atoms with Crippen molar-refractivity contribution in [2.24, 2.45) is 0 Å². The van der Waals surface area contributed by atoms with Gasteiger partial charge >= 0.3 is 5.97 Å². The molecule has 1 aliphatic carbocycles. The SMILES string of the molecule is CC(C)c1ccc(C(=O)NC2(C(=O)O)CCCCC2)cc1. The third-order valence-corrected chi connectivity index (χ3v) is 4.31. The second-order valence-corrected chi connectivity index (χ2v) is 6.18. The summed E-state index contributed by atoms with van der Waals surface area (Å²) in [5.41, 5.74) is 0.592. The van der Waals surface area contributed by atoms with Gasteiger partial charge in [0.05, 0.1) is 0 Å². The number of amides is 1. The van der Waals surface area contributed by atoms with Crippen LogP contribution in [0.1, 0.15) is 67.8 Å². The molecule has 0 radical (unpaired) electrons. The average Bonchev–Trinajstić information content (AvgIpc) is 2.48. The first kappa shape index (κ1) is 15.5. The zero-order valence-electron chi connectivity index (χ0n) is 12.7. The van der Waals surface area contributed by atoms with E-state index < -0.39 is 11.5 Å². The second kappa shape index (κ2) is 6.29. The molecule has 1 saturated carbocycles. The molecule has 1 aliphatic rings. The first-order chi connectivity index (χ1) is 9.94. The van der Waals surface area contributed by atoms with Gasteiger partial charge in [-0.05, 0) is 36.5 Å². The number of nitrogens with one attached hydrogen (secondary N) is 1. The van der Waals surface area contributed by atoms with Crippen LogP contribution in [0.15, 0.2) is 24.3 Å². The average molecular weight is 289 g/mol. The van der Waals surface area contributed by atoms with Gasteiger partial charge in [-0.2, -0.15) is 0 Å². The number of benzene rings is 1. The fourth-order valence-corrected chi connectivity index (χ4v) is 2.86. The van der Waals surface area contributed by atoms with E-state index in [9.17, 15) is 14.7 Å². The van der Waals surface area contributed by atoms with Gasteiger partial charge in [0.2, 0.25) is 0 Å². The van der Waals surface area contributed by atoms with Crippen LogP contribution in [0, 0.1) is 0 Å². The number of aliphatic carboxylic acids is 1. The van der Waals surface area contributed by atoms with Crippen molar-refractivity contribution in [3.05, 3.63) is 35.4 Å². The molecule has 0 spiro atoms. The Morgan fingerprint density at radius 2 is 1.67 bits per heavy atom. The maximum Gasteiger partial charge on any atom is 0.329 e. The predicted octanol–water partition coefficient (Wildman–Crippen LogP) is 3.33. The zero-order chi connectivity index (χ0) is 15.5. The molecule has 0 atom stereocenters. The standard InChI is InChI=1S/C17H23NO3/c1-12(2)13-6-8-14(9-7-13)15(19)18-17(16(20)21)10-4-3-5-11-17/h6-9,12H,3-5,10-11H2,1-2H3,(H,18,19)(H,20,21). The fourth-order valence-electron chi connectivity index (χ4n) is 2.86. The summed E-state index contributed by atoms with van der Waals surface area (Å²) in [5.74, 6) is -0.810. The number of carbonyl (C=O) groups excluding carboxylic acids is 1. The first-order valence-electron chi connectivity index (χ1n) is 7.60. The van der Waals surface area contributed by atoms with Crippen LogP contribution in [0.3, 0.4) is 0 Å². The van der Waals surface area contributed by atoms with Gasteiger partial charge in [-0.25, -0.2) is 4.79 Å². The summed E-state index contributed by atoms with van der Waals surface area (Å²) < 4.78 is 0. The Bertz CT molecular complexity index is 513. The summed E-state index contributed by atoms with van der Waals surface area (Å²) in [4.78, 5) is 23.9. The predicted molar refractivity (Wildman–Crippen MR) is 81.4 cm³/mol. The van der Waals surface area contributed by atoms with Crippen molar-refractivity contribution in [2.45, 2.75) is 57.4 Å². The van der Waals surface area contributed by atoms with Crippen LogP contribution in [0.2, 0.25) is 0 Å². The van der Waals surface area contributed by atoms with Gasteiger partial charge in [0.15, 0.2) is 0 Å². The topological polar surface area (TPSA) is 66.4 Å². The molecule has 2 rings (SSSR count). The van der Waals surface area contributed by atoms with Crippen molar-refractivity contribution in [3.63, 3.8) is 0 Å². The summed E-state index contributed by atoms with van der Waals surface area (Å²) in [6.07, 6.45) is 3.75. The normalized spacial score (nSPS) is 17.5. The van der Waals surface area contributed by atoms with Crippen LogP contribution in [-0.2, 0) is 4.79 Å². The van der Waals surface area contributed by atoms with Crippen molar-refractivity contribution >= 4 is 11.9 Å². The van der Waals surface area contributed by atoms with Crippen molar-refractivity contribution in [3.8, 4) is 0 Å². The highest BCUT2D eigenvalue weighted by Gasteiger charge is 2.41. The van der Waals surface area contributed by atoms with E-state index in [1.54, 1.807) is 12.1 Å². The summed E-state index contributed by atoms with van der Waals surface area (Å²) in [5, 5.41) is 12.2. The number of carboxylic acid groups (broad SMARTS) is 1. The van der Waals surface area contributed by atoms with E-state index >= 15 is 0 Å². The van der Waals surface area contributed by atoms with Gasteiger partial charge in [0, 0.05) is 5.56 Å². The van der Waals surface area contributed by atoms with Crippen LogP contribution in [0.25, 0.3) is 0 Å². The van der Waals surface area contributed by atoms with E-state index in [-0.39, 0.29) is 5.91 Å². The Labute approximate surface area is 125 Å². The third kappa shape index (κ3) is 3.43. The molecule has 0 saturated heterocycles. The molecule has 1 aromatic rings. The first-order valence-corrected chi connectivity index (χ1v) is 7.60. The number of carboxylic acids is 1. The van der Waals surface area contributed by atoms with Gasteiger partial charge in [0.25, 0.3) is 5.91 Å². The lowest BCUT2D eigenvalue weighted by molar-refractivity contribution is -0.145. The number of hydrogen-bond donors (Lipinski definition) is 2. The summed E-state index contributed by atoms with van der Waals surface area (Å²) in [6.45, 7) is 4.19. The fraction of sp³-hybridized carbons (Fsp3) is 0.529. The summed E-state index contributed by atoms with van der Waals surface area (Å²) in [7, 11) is 0. The van der Waals surface area contributed by atoms with E-state index in [4.69, 9.17) is 0 Å². The molecule has 0 bridgehead atoms. The van der Waals surface area contributed by atoms with E-state index in [1.165, 1.54) is 0 Å². The Balaban J connectivity index is 2.13. The molecular weight excluding hydrogens is 266 g/mol. The molecule has 0 aliphatic heterocycles. The van der Waals surface area contributed by atoms with Crippen molar-refractivity contribution < 1.29 is 14.7 Å². The summed E-state index contributed by atoms with van der Waals surface area (Å²) >= 11 is 0. The van der Waals surface area contributed by atoms with E-state index in [2.05, 4.69) is 19.2 Å². The van der Waals surface area contributed by atoms with E-state index in [1.807, 2.05) is 12.1 Å². The minimum atomic E-state index is -1.09. The zero-order valence-corrected chi connectivity index (χ0v) is 12.7. The lowest BCUT2D eigenvalue weighted by Crippen LogP contribution is -2.55. The maximum atomic E-state index is 12.3. The molecule has 4 nitrogen and oxygen atoms in total. The van der Waals surface area contributed by atoms with E-state index in [0.717, 1.165) is 24.8 Å². The largest absolute Gasteiger partial charge is 0.480 e. The Morgan fingerprint density at radius 1 is 1.10 bits per heavy atom. The number of rotatable bonds is 4. The highest BCUT2D eigenvalue weighted by atomic mass is 16.4. The van der Waals surface area contributed by atoms with Crippen molar-refractivity contribution in [2.75, 3.05) is 0 Å². The molecule has 0 heterocycles. The van der Waals surface area contributed by atoms with Crippen molar-refractivity contribution in [1.29, 1.82) is 0 Å². The number of carbonyl (C=O) groups is 2. The molecule has 0 aromatic heterocycles. The van der Waals surface area contributed by atoms with Gasteiger partial charge < -0.3 is 10.4 Å². The summed E-state index contributed by atoms with van der Waals surface area (Å²) in [6, 6.07) is 7.38. The molecular formula is C17H23NO3. The Kier molecular flexibility index (Phi) is 4.66. The molecule has 21 heavy (non-hydrogen) atoms. The minimum absolute atomic E-state index is 0.297. The van der Waals surface area contributed by atoms with Crippen LogP contribution >= 0.6 is 0 Å². The van der Waals surface area contributed by atoms with Crippen molar-refractivity contribution in [1.82, 2.24) is 5.32 Å². The molecule has 2 N–H and O–H groups in total. The maximum absolute atomic E-state index is 12.3. The minimum Gasteiger partial charge on any atom is -0.480 e. The highest BCUT2D eigenvalue weighted by Crippen LogP contribution is 2.29. The monoisotopic (exact) mass is 289 g/mol. The molecule has 1 amide bonds. The second-order valence-electron chi connectivity index (χ2n) is 6.18. The molecule has 1 aromatic carbocycles. The van der Waals surface area contributed by atoms with Crippen LogP contribution in [0.5, 0.6) is 0 Å². The number of hydrogen-bond acceptors (Lipinski definition) is 2. The third-order valence-electron chi connectivity index (χ3n) is 4.31. The van der Waals surface area contributed by atoms with Gasteiger partial charge in [-0.1, -0.05) is 45.2 Å². The molecule has 4 heteroatoms. The Hall–Kier alpha value is -1.84. The van der Waals surface area contributed by atoms with Gasteiger partial charge in [-0.3, -0.25) is 4.79 Å². The van der Waals surface area contributed by atoms with Crippen LogP contribution < -0.4 is 5.32 Å². The lowest BCUT2D eigenvalue weighted by atomic mass is 9.81. The van der Waals surface area contributed by atoms with Gasteiger partial charge in [0.1, 0.15) is 5.54 Å². The molecule has 1 fully saturated rings. The highest BCUT2D eigenvalue weighted by molar-refractivity contribution is 5.97. The van der Waals surface area contributed by atoms with Crippen LogP contribution in [0.4, 0.5) is 0 Å².